The summed E-state index contributed by atoms with van der Waals surface area (Å²) in [7, 11) is 1.60. The molecule has 0 aromatic heterocycles. The average molecular weight is 403 g/mol. The largest absolute Gasteiger partial charge is 0.496 e. The van der Waals surface area contributed by atoms with E-state index in [4.69, 9.17) is 4.74 Å². The molecule has 2 aromatic rings. The molecular weight excluding hydrogens is 381 g/mol. The molecule has 4 nitrogen and oxygen atoms in total. The van der Waals surface area contributed by atoms with Crippen molar-refractivity contribution in [3.05, 3.63) is 82.2 Å². The quantitative estimate of drug-likeness (QED) is 0.570. The molecule has 0 atom stereocenters. The molecule has 1 aliphatic rings. The summed E-state index contributed by atoms with van der Waals surface area (Å²) in [4.78, 5) is 26.4. The van der Waals surface area contributed by atoms with E-state index in [1.165, 1.54) is 12.1 Å². The van der Waals surface area contributed by atoms with E-state index >= 15 is 0 Å². The SMILES string of the molecule is COc1cc(/C=C/C(=O)N2CCC=C(C#Cc3ccccc3F)C2=O)cc(C)c1C. The zero-order chi connectivity index (χ0) is 21.7. The van der Waals surface area contributed by atoms with Crippen molar-refractivity contribution in [1.82, 2.24) is 4.90 Å². The Balaban J connectivity index is 1.76. The molecule has 152 valence electrons. The number of hydrogen-bond acceptors (Lipinski definition) is 3. The number of amides is 2. The summed E-state index contributed by atoms with van der Waals surface area (Å²) in [6, 6.07) is 9.89. The van der Waals surface area contributed by atoms with Gasteiger partial charge in [-0.15, -0.1) is 0 Å². The summed E-state index contributed by atoms with van der Waals surface area (Å²) >= 11 is 0. The first-order chi connectivity index (χ1) is 14.4. The van der Waals surface area contributed by atoms with E-state index in [0.717, 1.165) is 27.3 Å². The molecule has 1 heterocycles. The number of ether oxygens (including phenoxy) is 1. The average Bonchev–Trinajstić information content (AvgIpc) is 2.74. The second kappa shape index (κ2) is 9.23. The topological polar surface area (TPSA) is 46.6 Å². The molecule has 2 amide bonds. The van der Waals surface area contributed by atoms with Gasteiger partial charge in [0.25, 0.3) is 11.8 Å². The molecule has 0 N–H and O–H groups in total. The van der Waals surface area contributed by atoms with E-state index in [2.05, 4.69) is 11.8 Å². The highest BCUT2D eigenvalue weighted by molar-refractivity contribution is 6.11. The normalized spacial score (nSPS) is 13.7. The van der Waals surface area contributed by atoms with Crippen molar-refractivity contribution in [2.24, 2.45) is 0 Å². The first-order valence-electron chi connectivity index (χ1n) is 9.56. The van der Waals surface area contributed by atoms with E-state index in [9.17, 15) is 14.0 Å². The van der Waals surface area contributed by atoms with E-state index in [0.29, 0.717) is 6.42 Å². The molecule has 1 aliphatic heterocycles. The number of methoxy groups -OCH3 is 1. The molecule has 3 rings (SSSR count). The monoisotopic (exact) mass is 403 g/mol. The first-order valence-corrected chi connectivity index (χ1v) is 9.56. The highest BCUT2D eigenvalue weighted by atomic mass is 19.1. The van der Waals surface area contributed by atoms with Gasteiger partial charge < -0.3 is 4.74 Å². The van der Waals surface area contributed by atoms with Crippen molar-refractivity contribution in [2.45, 2.75) is 20.3 Å². The maximum Gasteiger partial charge on any atom is 0.268 e. The molecule has 0 spiro atoms. The number of rotatable bonds is 3. The molecule has 0 unspecified atom stereocenters. The molecule has 5 heteroatoms. The van der Waals surface area contributed by atoms with E-state index in [1.807, 2.05) is 26.0 Å². The standard InChI is InChI=1S/C25H22FNO3/c1-17-15-19(16-23(30-3)18(17)2)10-13-24(28)27-14-6-8-21(25(27)29)12-11-20-7-4-5-9-22(20)26/h4-5,7-10,13,15-16H,6,14H2,1-3H3/b13-10+. The van der Waals surface area contributed by atoms with Crippen LogP contribution in [0.5, 0.6) is 5.75 Å². The maximum absolute atomic E-state index is 13.7. The van der Waals surface area contributed by atoms with Gasteiger partial charge in [0.15, 0.2) is 0 Å². The summed E-state index contributed by atoms with van der Waals surface area (Å²) in [5.74, 6) is 4.77. The molecule has 0 saturated carbocycles. The lowest BCUT2D eigenvalue weighted by atomic mass is 10.0. The van der Waals surface area contributed by atoms with Crippen LogP contribution in [0.4, 0.5) is 4.39 Å². The number of aryl methyl sites for hydroxylation is 1. The van der Waals surface area contributed by atoms with Crippen LogP contribution < -0.4 is 4.74 Å². The number of carbonyl (C=O) groups is 2. The van der Waals surface area contributed by atoms with Gasteiger partial charge in [0, 0.05) is 12.6 Å². The molecular formula is C25H22FNO3. The summed E-state index contributed by atoms with van der Waals surface area (Å²) in [6.07, 6.45) is 5.21. The molecule has 0 aliphatic carbocycles. The fourth-order valence-electron chi connectivity index (χ4n) is 3.10. The number of nitrogens with zero attached hydrogens (tertiary/aromatic N) is 1. The second-order valence-electron chi connectivity index (χ2n) is 6.93. The Labute approximate surface area is 175 Å². The summed E-state index contributed by atoms with van der Waals surface area (Å²) in [6.45, 7) is 4.22. The van der Waals surface area contributed by atoms with Gasteiger partial charge in [0.2, 0.25) is 0 Å². The predicted octanol–water partition coefficient (Wildman–Crippen LogP) is 4.20. The fourth-order valence-corrected chi connectivity index (χ4v) is 3.10. The maximum atomic E-state index is 13.7. The van der Waals surface area contributed by atoms with Gasteiger partial charge in [0.05, 0.1) is 18.2 Å². The van der Waals surface area contributed by atoms with Gasteiger partial charge in [-0.05, 0) is 61.2 Å². The second-order valence-corrected chi connectivity index (χ2v) is 6.93. The summed E-state index contributed by atoms with van der Waals surface area (Å²) in [5, 5.41) is 0. The van der Waals surface area contributed by atoms with Crippen molar-refractivity contribution in [1.29, 1.82) is 0 Å². The molecule has 30 heavy (non-hydrogen) atoms. The highest BCUT2D eigenvalue weighted by Gasteiger charge is 2.25. The zero-order valence-electron chi connectivity index (χ0n) is 17.2. The predicted molar refractivity (Wildman–Crippen MR) is 114 cm³/mol. The van der Waals surface area contributed by atoms with Crippen LogP contribution in [0.1, 0.15) is 28.7 Å². The minimum atomic E-state index is -0.475. The van der Waals surface area contributed by atoms with Gasteiger partial charge in [-0.1, -0.05) is 36.1 Å². The van der Waals surface area contributed by atoms with E-state index in [1.54, 1.807) is 37.5 Å². The van der Waals surface area contributed by atoms with Crippen LogP contribution in [0.3, 0.4) is 0 Å². The van der Waals surface area contributed by atoms with Gasteiger partial charge in [-0.25, -0.2) is 4.39 Å². The van der Waals surface area contributed by atoms with Crippen LogP contribution in [0, 0.1) is 31.5 Å². The third-order valence-electron chi connectivity index (χ3n) is 4.93. The molecule has 0 bridgehead atoms. The van der Waals surface area contributed by atoms with Crippen molar-refractivity contribution in [3.8, 4) is 17.6 Å². The number of imide groups is 1. The van der Waals surface area contributed by atoms with E-state index in [-0.39, 0.29) is 17.7 Å². The van der Waals surface area contributed by atoms with Crippen LogP contribution in [0.25, 0.3) is 6.08 Å². The van der Waals surface area contributed by atoms with Crippen LogP contribution in [0.2, 0.25) is 0 Å². The lowest BCUT2D eigenvalue weighted by Gasteiger charge is -2.22. The van der Waals surface area contributed by atoms with Crippen LogP contribution in [0.15, 0.2) is 54.1 Å². The molecule has 0 fully saturated rings. The number of hydrogen-bond donors (Lipinski definition) is 0. The zero-order valence-corrected chi connectivity index (χ0v) is 17.2. The van der Waals surface area contributed by atoms with Crippen LogP contribution >= 0.6 is 0 Å². The Bertz CT molecular complexity index is 1120. The smallest absolute Gasteiger partial charge is 0.268 e. The van der Waals surface area contributed by atoms with Crippen molar-refractivity contribution in [2.75, 3.05) is 13.7 Å². The Kier molecular flexibility index (Phi) is 6.48. The molecule has 0 radical (unpaired) electrons. The van der Waals surface area contributed by atoms with Gasteiger partial charge in [0.1, 0.15) is 11.6 Å². The number of carbonyl (C=O) groups excluding carboxylic acids is 2. The summed E-state index contributed by atoms with van der Waals surface area (Å²) < 4.78 is 19.1. The lowest BCUT2D eigenvalue weighted by Crippen LogP contribution is -2.39. The minimum Gasteiger partial charge on any atom is -0.496 e. The Hall–Kier alpha value is -3.65. The van der Waals surface area contributed by atoms with Crippen molar-refractivity contribution >= 4 is 17.9 Å². The number of benzene rings is 2. The highest BCUT2D eigenvalue weighted by Crippen LogP contribution is 2.24. The lowest BCUT2D eigenvalue weighted by molar-refractivity contribution is -0.139. The van der Waals surface area contributed by atoms with Gasteiger partial charge >= 0.3 is 0 Å². The van der Waals surface area contributed by atoms with Crippen LogP contribution in [-0.2, 0) is 9.59 Å². The van der Waals surface area contributed by atoms with Gasteiger partial charge in [-0.3, -0.25) is 14.5 Å². The number of halogens is 1. The third-order valence-corrected chi connectivity index (χ3v) is 4.93. The van der Waals surface area contributed by atoms with E-state index < -0.39 is 17.6 Å². The minimum absolute atomic E-state index is 0.194. The first kappa shape index (κ1) is 21.1. The Morgan fingerprint density at radius 1 is 1.20 bits per heavy atom. The fraction of sp³-hybridized carbons (Fsp3) is 0.200. The molecule has 2 aromatic carbocycles. The summed E-state index contributed by atoms with van der Waals surface area (Å²) in [5.41, 5.74) is 3.29. The Morgan fingerprint density at radius 3 is 2.70 bits per heavy atom. The Morgan fingerprint density at radius 2 is 1.97 bits per heavy atom. The third kappa shape index (κ3) is 4.66. The van der Waals surface area contributed by atoms with Crippen LogP contribution in [-0.4, -0.2) is 30.4 Å². The van der Waals surface area contributed by atoms with Gasteiger partial charge in [-0.2, -0.15) is 0 Å². The molecule has 0 saturated heterocycles. The van der Waals surface area contributed by atoms with Crippen molar-refractivity contribution < 1.29 is 18.7 Å². The van der Waals surface area contributed by atoms with Crippen molar-refractivity contribution in [3.63, 3.8) is 0 Å².